The predicted molar refractivity (Wildman–Crippen MR) is 69.3 cm³/mol. The smallest absolute Gasteiger partial charge is 0.00452 e. The highest BCUT2D eigenvalue weighted by Gasteiger charge is 2.03. The van der Waals surface area contributed by atoms with Crippen LogP contribution in [0.2, 0.25) is 0 Å². The van der Waals surface area contributed by atoms with Gasteiger partial charge in [-0.05, 0) is 50.5 Å². The third kappa shape index (κ3) is 5.75. The third-order valence-corrected chi connectivity index (χ3v) is 3.46. The summed E-state index contributed by atoms with van der Waals surface area (Å²) < 4.78 is 0. The molecule has 2 heteroatoms. The highest BCUT2D eigenvalue weighted by atomic mass is 32.1. The lowest BCUT2D eigenvalue weighted by Gasteiger charge is -2.10. The minimum absolute atomic E-state index is 0.349. The van der Waals surface area contributed by atoms with Gasteiger partial charge in [0.05, 0.1) is 0 Å². The second-order valence-electron chi connectivity index (χ2n) is 4.23. The van der Waals surface area contributed by atoms with Crippen LogP contribution in [-0.2, 0) is 6.42 Å². The Hall–Kier alpha value is -0.600. The Morgan fingerprint density at radius 1 is 1.53 bits per heavy atom. The number of nitrogens with two attached hydrogens (primary N) is 1. The summed E-state index contributed by atoms with van der Waals surface area (Å²) in [6.07, 6.45) is 5.67. The van der Waals surface area contributed by atoms with E-state index in [9.17, 15) is 0 Å². The molecular weight excluding hydrogens is 202 g/mol. The first kappa shape index (κ1) is 12.5. The number of hydrogen-bond donors (Lipinski definition) is 1. The van der Waals surface area contributed by atoms with Crippen molar-refractivity contribution in [3.63, 3.8) is 0 Å². The van der Waals surface area contributed by atoms with E-state index in [0.29, 0.717) is 6.04 Å². The molecule has 0 aliphatic heterocycles. The summed E-state index contributed by atoms with van der Waals surface area (Å²) in [7, 11) is 0. The minimum Gasteiger partial charge on any atom is -0.328 e. The molecule has 0 saturated carbocycles. The normalized spacial score (nSPS) is 12.7. The van der Waals surface area contributed by atoms with Crippen molar-refractivity contribution in [2.75, 3.05) is 0 Å². The fourth-order valence-electron chi connectivity index (χ4n) is 1.57. The minimum atomic E-state index is 0.349. The van der Waals surface area contributed by atoms with Crippen LogP contribution in [0.15, 0.2) is 29.7 Å². The first-order valence-electron chi connectivity index (χ1n) is 5.61. The fourth-order valence-corrected chi connectivity index (χ4v) is 2.32. The zero-order chi connectivity index (χ0) is 11.1. The lowest BCUT2D eigenvalue weighted by Crippen LogP contribution is -2.19. The SMILES string of the molecule is C=C(C)CCC(N)CCCc1cccs1. The zero-order valence-corrected chi connectivity index (χ0v) is 10.4. The van der Waals surface area contributed by atoms with E-state index in [1.54, 1.807) is 0 Å². The summed E-state index contributed by atoms with van der Waals surface area (Å²) in [6.45, 7) is 5.96. The molecule has 0 aromatic carbocycles. The van der Waals surface area contributed by atoms with Crippen molar-refractivity contribution in [3.05, 3.63) is 34.5 Å². The average molecular weight is 223 g/mol. The molecule has 1 nitrogen and oxygen atoms in total. The van der Waals surface area contributed by atoms with Gasteiger partial charge in [-0.25, -0.2) is 0 Å². The van der Waals surface area contributed by atoms with E-state index in [-0.39, 0.29) is 0 Å². The molecular formula is C13H21NS. The van der Waals surface area contributed by atoms with Gasteiger partial charge in [-0.15, -0.1) is 17.9 Å². The van der Waals surface area contributed by atoms with Crippen LogP contribution in [0.4, 0.5) is 0 Å². The molecule has 1 rings (SSSR count). The first-order valence-corrected chi connectivity index (χ1v) is 6.49. The number of aryl methyl sites for hydroxylation is 1. The Morgan fingerprint density at radius 3 is 2.93 bits per heavy atom. The lowest BCUT2D eigenvalue weighted by molar-refractivity contribution is 0.546. The second-order valence-corrected chi connectivity index (χ2v) is 5.26. The van der Waals surface area contributed by atoms with Gasteiger partial charge in [0.15, 0.2) is 0 Å². The van der Waals surface area contributed by atoms with Gasteiger partial charge in [0.25, 0.3) is 0 Å². The van der Waals surface area contributed by atoms with E-state index in [0.717, 1.165) is 19.3 Å². The van der Waals surface area contributed by atoms with Crippen LogP contribution in [0.25, 0.3) is 0 Å². The van der Waals surface area contributed by atoms with E-state index in [4.69, 9.17) is 5.73 Å². The van der Waals surface area contributed by atoms with Crippen LogP contribution in [0.1, 0.15) is 37.5 Å². The molecule has 1 aromatic heterocycles. The van der Waals surface area contributed by atoms with Crippen molar-refractivity contribution >= 4 is 11.3 Å². The second kappa shape index (κ2) is 6.81. The Kier molecular flexibility index (Phi) is 5.66. The maximum absolute atomic E-state index is 6.02. The Morgan fingerprint density at radius 2 is 2.33 bits per heavy atom. The molecule has 0 fully saturated rings. The predicted octanol–water partition coefficient (Wildman–Crippen LogP) is 3.75. The van der Waals surface area contributed by atoms with E-state index in [2.05, 4.69) is 31.0 Å². The largest absolute Gasteiger partial charge is 0.328 e. The summed E-state index contributed by atoms with van der Waals surface area (Å²) in [5.74, 6) is 0. The molecule has 2 N–H and O–H groups in total. The molecule has 0 aliphatic rings. The molecule has 1 aromatic rings. The maximum Gasteiger partial charge on any atom is 0.00452 e. The van der Waals surface area contributed by atoms with Crippen molar-refractivity contribution in [3.8, 4) is 0 Å². The van der Waals surface area contributed by atoms with Gasteiger partial charge in [0, 0.05) is 10.9 Å². The molecule has 0 bridgehead atoms. The summed E-state index contributed by atoms with van der Waals surface area (Å²) in [5, 5.41) is 2.14. The van der Waals surface area contributed by atoms with Gasteiger partial charge in [-0.1, -0.05) is 11.6 Å². The maximum atomic E-state index is 6.02. The van der Waals surface area contributed by atoms with Crippen LogP contribution in [0.3, 0.4) is 0 Å². The van der Waals surface area contributed by atoms with Gasteiger partial charge in [-0.2, -0.15) is 0 Å². The van der Waals surface area contributed by atoms with E-state index in [1.165, 1.54) is 23.3 Å². The summed E-state index contributed by atoms with van der Waals surface area (Å²) >= 11 is 1.84. The molecule has 0 spiro atoms. The molecule has 1 atom stereocenters. The topological polar surface area (TPSA) is 26.0 Å². The summed E-state index contributed by atoms with van der Waals surface area (Å²) in [4.78, 5) is 1.47. The van der Waals surface area contributed by atoms with Crippen molar-refractivity contribution in [1.29, 1.82) is 0 Å². The van der Waals surface area contributed by atoms with E-state index >= 15 is 0 Å². The molecule has 0 amide bonds. The molecule has 0 aliphatic carbocycles. The average Bonchev–Trinajstić information content (AvgIpc) is 2.67. The van der Waals surface area contributed by atoms with E-state index in [1.807, 2.05) is 11.3 Å². The highest BCUT2D eigenvalue weighted by molar-refractivity contribution is 7.09. The quantitative estimate of drug-likeness (QED) is 0.700. The number of rotatable bonds is 7. The molecule has 1 heterocycles. The van der Waals surface area contributed by atoms with Crippen molar-refractivity contribution in [2.24, 2.45) is 5.73 Å². The Labute approximate surface area is 97.0 Å². The first-order chi connectivity index (χ1) is 7.18. The van der Waals surface area contributed by atoms with Gasteiger partial charge >= 0.3 is 0 Å². The molecule has 0 radical (unpaired) electrons. The van der Waals surface area contributed by atoms with Gasteiger partial charge in [0.1, 0.15) is 0 Å². The third-order valence-electron chi connectivity index (χ3n) is 2.52. The van der Waals surface area contributed by atoms with Gasteiger partial charge < -0.3 is 5.73 Å². The van der Waals surface area contributed by atoms with Crippen LogP contribution in [-0.4, -0.2) is 6.04 Å². The van der Waals surface area contributed by atoms with Crippen LogP contribution in [0, 0.1) is 0 Å². The van der Waals surface area contributed by atoms with Gasteiger partial charge in [-0.3, -0.25) is 0 Å². The molecule has 84 valence electrons. The standard InChI is InChI=1S/C13H21NS/c1-11(2)8-9-12(14)5-3-6-13-7-4-10-15-13/h4,7,10,12H,1,3,5-6,8-9,14H2,2H3. The van der Waals surface area contributed by atoms with Crippen LogP contribution in [0.5, 0.6) is 0 Å². The fraction of sp³-hybridized carbons (Fsp3) is 0.538. The molecule has 1 unspecified atom stereocenters. The van der Waals surface area contributed by atoms with Crippen LogP contribution >= 0.6 is 11.3 Å². The highest BCUT2D eigenvalue weighted by Crippen LogP contribution is 2.14. The molecule has 0 saturated heterocycles. The Balaban J connectivity index is 2.06. The Bertz CT molecular complexity index is 277. The summed E-state index contributed by atoms with van der Waals surface area (Å²) in [5.41, 5.74) is 7.26. The van der Waals surface area contributed by atoms with Crippen molar-refractivity contribution < 1.29 is 0 Å². The summed E-state index contributed by atoms with van der Waals surface area (Å²) in [6, 6.07) is 4.66. The number of hydrogen-bond acceptors (Lipinski definition) is 2. The number of allylic oxidation sites excluding steroid dienone is 1. The zero-order valence-electron chi connectivity index (χ0n) is 9.54. The van der Waals surface area contributed by atoms with E-state index < -0.39 is 0 Å². The van der Waals surface area contributed by atoms with Crippen molar-refractivity contribution in [2.45, 2.75) is 45.1 Å². The monoisotopic (exact) mass is 223 g/mol. The van der Waals surface area contributed by atoms with Gasteiger partial charge in [0.2, 0.25) is 0 Å². The molecule has 15 heavy (non-hydrogen) atoms. The number of thiophene rings is 1. The lowest BCUT2D eigenvalue weighted by atomic mass is 10.0. The van der Waals surface area contributed by atoms with Crippen LogP contribution < -0.4 is 5.73 Å². The van der Waals surface area contributed by atoms with Crippen molar-refractivity contribution in [1.82, 2.24) is 0 Å².